The van der Waals surface area contributed by atoms with Gasteiger partial charge in [-0.25, -0.2) is 0 Å². The molecule has 4 N–H and O–H groups in total. The molecule has 0 aromatic rings. The van der Waals surface area contributed by atoms with Crippen molar-refractivity contribution in [2.75, 3.05) is 13.2 Å². The van der Waals surface area contributed by atoms with Gasteiger partial charge in [-0.3, -0.25) is 9.59 Å². The van der Waals surface area contributed by atoms with Crippen LogP contribution in [0.25, 0.3) is 0 Å². The Bertz CT molecular complexity index is 564. The smallest absolute Gasteiger partial charge is 0.306 e. The van der Waals surface area contributed by atoms with Crippen LogP contribution < -0.4 is 0 Å². The Hall–Kier alpha value is -1.18. The number of hydrogen-bond acceptors (Lipinski definition) is 6. The van der Waals surface area contributed by atoms with Gasteiger partial charge < -0.3 is 25.2 Å². The number of carboxylic acid groups (broad SMARTS) is 1. The predicted molar refractivity (Wildman–Crippen MR) is 190 cm³/mol. The SMILES string of the molecule is CCCCCCCCCCCCCC(=O)OC(C)C.CCCCCCCCCCCCCCCCCC(=O)O.OCC(O)CO. The van der Waals surface area contributed by atoms with Crippen LogP contribution in [-0.4, -0.2) is 57.8 Å². The predicted octanol–water partition coefficient (Wildman–Crippen LogP) is 10.3. The van der Waals surface area contributed by atoms with Crippen LogP contribution in [0.4, 0.5) is 0 Å². The van der Waals surface area contributed by atoms with Gasteiger partial charge in [0.2, 0.25) is 0 Å². The van der Waals surface area contributed by atoms with Gasteiger partial charge in [0.05, 0.1) is 19.3 Å². The Balaban J connectivity index is -0.000000664. The van der Waals surface area contributed by atoms with Crippen LogP contribution in [0.15, 0.2) is 0 Å². The van der Waals surface area contributed by atoms with E-state index in [1.54, 1.807) is 0 Å². The fourth-order valence-corrected chi connectivity index (χ4v) is 4.96. The van der Waals surface area contributed by atoms with E-state index in [0.29, 0.717) is 12.8 Å². The summed E-state index contributed by atoms with van der Waals surface area (Å²) in [6, 6.07) is 0. The van der Waals surface area contributed by atoms with Gasteiger partial charge in [0.15, 0.2) is 0 Å². The highest BCUT2D eigenvalue weighted by Crippen LogP contribution is 2.14. The zero-order chi connectivity index (χ0) is 34.2. The van der Waals surface area contributed by atoms with E-state index in [2.05, 4.69) is 13.8 Å². The maximum atomic E-state index is 11.3. The van der Waals surface area contributed by atoms with Crippen LogP contribution in [0.1, 0.15) is 207 Å². The highest BCUT2D eigenvalue weighted by atomic mass is 16.5. The Kier molecular flexibility index (Phi) is 45.9. The average Bonchev–Trinajstić information content (AvgIpc) is 3.01. The number of carboxylic acids is 1. The number of esters is 1. The Labute approximate surface area is 279 Å². The van der Waals surface area contributed by atoms with E-state index in [1.807, 2.05) is 13.8 Å². The third-order valence-electron chi connectivity index (χ3n) is 7.77. The third kappa shape index (κ3) is 52.6. The maximum Gasteiger partial charge on any atom is 0.306 e. The molecule has 0 amide bonds. The molecule has 7 nitrogen and oxygen atoms in total. The minimum absolute atomic E-state index is 0.0280. The van der Waals surface area contributed by atoms with Gasteiger partial charge in [0.25, 0.3) is 0 Å². The van der Waals surface area contributed by atoms with E-state index in [-0.39, 0.29) is 25.3 Å². The third-order valence-corrected chi connectivity index (χ3v) is 7.77. The molecule has 0 bridgehead atoms. The molecule has 0 rings (SSSR count). The van der Waals surface area contributed by atoms with Crippen LogP contribution >= 0.6 is 0 Å². The van der Waals surface area contributed by atoms with Crippen molar-refractivity contribution in [3.8, 4) is 0 Å². The fourth-order valence-electron chi connectivity index (χ4n) is 4.96. The average molecular weight is 647 g/mol. The molecule has 0 fully saturated rings. The summed E-state index contributed by atoms with van der Waals surface area (Å²) in [5, 5.41) is 32.5. The molecule has 0 aromatic heterocycles. The molecule has 0 atom stereocenters. The van der Waals surface area contributed by atoms with E-state index in [0.717, 1.165) is 19.3 Å². The summed E-state index contributed by atoms with van der Waals surface area (Å²) < 4.78 is 5.10. The van der Waals surface area contributed by atoms with Crippen LogP contribution in [0.2, 0.25) is 0 Å². The number of aliphatic hydroxyl groups excluding tert-OH is 3. The number of rotatable bonds is 31. The Morgan fingerprint density at radius 3 is 0.978 bits per heavy atom. The first-order chi connectivity index (χ1) is 21.7. The summed E-state index contributed by atoms with van der Waals surface area (Å²) in [5.74, 6) is -0.689. The minimum Gasteiger partial charge on any atom is -0.481 e. The largest absolute Gasteiger partial charge is 0.481 e. The molecule has 272 valence electrons. The number of hydrogen-bond donors (Lipinski definition) is 4. The molecular formula is C38H78O7. The van der Waals surface area contributed by atoms with Gasteiger partial charge in [-0.2, -0.15) is 0 Å². The summed E-state index contributed by atoms with van der Waals surface area (Å²) in [5.41, 5.74) is 0. The lowest BCUT2D eigenvalue weighted by atomic mass is 10.0. The van der Waals surface area contributed by atoms with E-state index in [9.17, 15) is 9.59 Å². The lowest BCUT2D eigenvalue weighted by molar-refractivity contribution is -0.147. The van der Waals surface area contributed by atoms with Crippen molar-refractivity contribution in [3.05, 3.63) is 0 Å². The summed E-state index contributed by atoms with van der Waals surface area (Å²) in [6.07, 6.45) is 34.3. The molecular weight excluding hydrogens is 568 g/mol. The zero-order valence-corrected chi connectivity index (χ0v) is 30.4. The van der Waals surface area contributed by atoms with Crippen molar-refractivity contribution in [1.29, 1.82) is 0 Å². The summed E-state index contributed by atoms with van der Waals surface area (Å²) >= 11 is 0. The number of unbranched alkanes of at least 4 members (excludes halogenated alkanes) is 24. The minimum atomic E-state index is -0.954. The first-order valence-corrected chi connectivity index (χ1v) is 19.1. The second-order valence-electron chi connectivity index (χ2n) is 12.9. The quantitative estimate of drug-likeness (QED) is 0.0436. The maximum absolute atomic E-state index is 11.3. The molecule has 0 aliphatic carbocycles. The summed E-state index contributed by atoms with van der Waals surface area (Å²) in [7, 11) is 0. The van der Waals surface area contributed by atoms with Crippen molar-refractivity contribution < 1.29 is 34.8 Å². The van der Waals surface area contributed by atoms with Crippen LogP contribution in [0.5, 0.6) is 0 Å². The van der Waals surface area contributed by atoms with Gasteiger partial charge in [-0.15, -0.1) is 0 Å². The van der Waals surface area contributed by atoms with Crippen molar-refractivity contribution >= 4 is 11.9 Å². The first-order valence-electron chi connectivity index (χ1n) is 19.1. The highest BCUT2D eigenvalue weighted by Gasteiger charge is 2.04. The van der Waals surface area contributed by atoms with Gasteiger partial charge in [0, 0.05) is 12.8 Å². The van der Waals surface area contributed by atoms with Crippen molar-refractivity contribution in [1.82, 2.24) is 0 Å². The molecule has 0 aliphatic rings. The molecule has 0 aromatic carbocycles. The lowest BCUT2D eigenvalue weighted by Gasteiger charge is -2.07. The molecule has 0 unspecified atom stereocenters. The zero-order valence-electron chi connectivity index (χ0n) is 30.4. The van der Waals surface area contributed by atoms with Crippen molar-refractivity contribution in [2.24, 2.45) is 0 Å². The second kappa shape index (κ2) is 42.8. The van der Waals surface area contributed by atoms with E-state index in [1.165, 1.54) is 148 Å². The molecule has 0 saturated heterocycles. The molecule has 7 heteroatoms. The van der Waals surface area contributed by atoms with Gasteiger partial charge in [0.1, 0.15) is 6.10 Å². The first kappa shape index (κ1) is 48.2. The topological polar surface area (TPSA) is 124 Å². The van der Waals surface area contributed by atoms with Gasteiger partial charge >= 0.3 is 11.9 Å². The monoisotopic (exact) mass is 647 g/mol. The van der Waals surface area contributed by atoms with Gasteiger partial charge in [-0.05, 0) is 26.7 Å². The molecule has 0 saturated carbocycles. The standard InChI is InChI=1S/C18H36O2.C17H34O2.C3H8O3/c1-2-3-4-5-6-7-8-9-10-11-12-13-14-15-16-17-18(19)20;1-4-5-6-7-8-9-10-11-12-13-14-15-17(18)19-16(2)3;4-1-3(6)2-5/h2-17H2,1H3,(H,19,20);16H,4-15H2,1-3H3;3-6H,1-2H2. The van der Waals surface area contributed by atoms with E-state index >= 15 is 0 Å². The number of aliphatic hydroxyl groups is 3. The molecule has 45 heavy (non-hydrogen) atoms. The second-order valence-corrected chi connectivity index (χ2v) is 12.9. The fraction of sp³-hybridized carbons (Fsp3) is 0.947. The lowest BCUT2D eigenvalue weighted by Crippen LogP contribution is -2.15. The summed E-state index contributed by atoms with van der Waals surface area (Å²) in [4.78, 5) is 21.6. The van der Waals surface area contributed by atoms with E-state index < -0.39 is 12.1 Å². The van der Waals surface area contributed by atoms with Crippen LogP contribution in [-0.2, 0) is 14.3 Å². The van der Waals surface area contributed by atoms with Crippen LogP contribution in [0, 0.1) is 0 Å². The molecule has 0 spiro atoms. The number of aliphatic carboxylic acids is 1. The number of carbonyl (C=O) groups excluding carboxylic acids is 1. The van der Waals surface area contributed by atoms with Crippen LogP contribution in [0.3, 0.4) is 0 Å². The molecule has 0 radical (unpaired) electrons. The van der Waals surface area contributed by atoms with Crippen molar-refractivity contribution in [3.63, 3.8) is 0 Å². The van der Waals surface area contributed by atoms with Crippen molar-refractivity contribution in [2.45, 2.75) is 220 Å². The highest BCUT2D eigenvalue weighted by molar-refractivity contribution is 5.69. The molecule has 0 aliphatic heterocycles. The summed E-state index contributed by atoms with van der Waals surface area (Å²) in [6.45, 7) is 7.60. The number of ether oxygens (including phenoxy) is 1. The molecule has 0 heterocycles. The number of carbonyl (C=O) groups is 2. The van der Waals surface area contributed by atoms with E-state index in [4.69, 9.17) is 25.2 Å². The Morgan fingerprint density at radius 1 is 0.489 bits per heavy atom. The van der Waals surface area contributed by atoms with Gasteiger partial charge in [-0.1, -0.05) is 168 Å². The Morgan fingerprint density at radius 2 is 0.756 bits per heavy atom. The normalized spacial score (nSPS) is 10.8.